The number of amides is 1. The molecule has 1 amide bonds. The van der Waals surface area contributed by atoms with Crippen molar-refractivity contribution in [2.24, 2.45) is 5.73 Å². The first kappa shape index (κ1) is 18.7. The van der Waals surface area contributed by atoms with Gasteiger partial charge in [-0.1, -0.05) is 22.5 Å². The molecule has 0 bridgehead atoms. The Balaban J connectivity index is 1.58. The third kappa shape index (κ3) is 3.13. The maximum atomic E-state index is 11.7. The molecule has 3 heterocycles. The fourth-order valence-corrected chi connectivity index (χ4v) is 5.15. The largest absolute Gasteiger partial charge is 0.340 e. The summed E-state index contributed by atoms with van der Waals surface area (Å²) in [6, 6.07) is 7.43. The third-order valence-electron chi connectivity index (χ3n) is 6.14. The van der Waals surface area contributed by atoms with E-state index < -0.39 is 0 Å². The lowest BCUT2D eigenvalue weighted by Gasteiger charge is -2.43. The van der Waals surface area contributed by atoms with Crippen LogP contribution in [-0.2, 0) is 4.79 Å². The first-order valence-electron chi connectivity index (χ1n) is 9.61. The van der Waals surface area contributed by atoms with Crippen molar-refractivity contribution in [3.63, 3.8) is 0 Å². The highest BCUT2D eigenvalue weighted by atomic mass is 79.9. The summed E-state index contributed by atoms with van der Waals surface area (Å²) in [4.78, 5) is 16.1. The molecule has 2 saturated heterocycles. The van der Waals surface area contributed by atoms with Crippen molar-refractivity contribution < 1.29 is 4.79 Å². The van der Waals surface area contributed by atoms with Gasteiger partial charge in [-0.25, -0.2) is 0 Å². The predicted molar refractivity (Wildman–Crippen MR) is 113 cm³/mol. The summed E-state index contributed by atoms with van der Waals surface area (Å²) in [5.41, 5.74) is 10.1. The highest BCUT2D eigenvalue weighted by molar-refractivity contribution is 9.10. The summed E-state index contributed by atoms with van der Waals surface area (Å²) >= 11 is 3.60. The van der Waals surface area contributed by atoms with Crippen LogP contribution in [0.4, 0.5) is 0 Å². The van der Waals surface area contributed by atoms with Crippen molar-refractivity contribution in [3.05, 3.63) is 46.6 Å². The minimum absolute atomic E-state index is 0.00524. The molecular weight excluding hydrogens is 404 g/mol. The lowest BCUT2D eigenvalue weighted by Crippen LogP contribution is -2.60. The number of halogens is 1. The number of nitrogens with zero attached hydrogens (tertiary/aromatic N) is 3. The number of carbonyl (C=O) groups excluding carboxylic acids is 1. The van der Waals surface area contributed by atoms with E-state index in [0.29, 0.717) is 12.1 Å². The Morgan fingerprint density at radius 1 is 1.33 bits per heavy atom. The van der Waals surface area contributed by atoms with Crippen LogP contribution in [0.25, 0.3) is 10.9 Å². The molecule has 1 aromatic heterocycles. The van der Waals surface area contributed by atoms with Crippen molar-refractivity contribution in [2.45, 2.75) is 38.4 Å². The van der Waals surface area contributed by atoms with Gasteiger partial charge in [-0.3, -0.25) is 9.69 Å². The summed E-state index contributed by atoms with van der Waals surface area (Å²) in [5.74, 6) is 0.0430. The molecule has 5 nitrogen and oxygen atoms in total. The van der Waals surface area contributed by atoms with Crippen LogP contribution >= 0.6 is 15.9 Å². The maximum absolute atomic E-state index is 11.7. The fourth-order valence-electron chi connectivity index (χ4n) is 4.79. The molecule has 27 heavy (non-hydrogen) atoms. The average molecular weight is 431 g/mol. The first-order chi connectivity index (χ1) is 12.9. The summed E-state index contributed by atoms with van der Waals surface area (Å²) < 4.78 is 3.58. The van der Waals surface area contributed by atoms with Crippen LogP contribution in [0.15, 0.2) is 35.3 Å². The van der Waals surface area contributed by atoms with E-state index in [1.807, 2.05) is 4.90 Å². The molecule has 1 aromatic carbocycles. The Morgan fingerprint density at radius 2 is 2.07 bits per heavy atom. The van der Waals surface area contributed by atoms with Gasteiger partial charge in [-0.05, 0) is 50.1 Å². The van der Waals surface area contributed by atoms with Gasteiger partial charge in [0.05, 0.1) is 0 Å². The lowest BCUT2D eigenvalue weighted by atomic mass is 10.1. The van der Waals surface area contributed by atoms with Crippen LogP contribution in [-0.4, -0.2) is 52.5 Å². The van der Waals surface area contributed by atoms with Crippen LogP contribution in [0.1, 0.15) is 36.7 Å². The predicted octanol–water partition coefficient (Wildman–Crippen LogP) is 3.38. The summed E-state index contributed by atoms with van der Waals surface area (Å²) in [7, 11) is 0. The molecule has 144 valence electrons. The Kier molecular flexibility index (Phi) is 4.91. The SMILES string of the molecule is C=CC(=O)N1CC(N2CC[C@@H](n3c(C)c(C(C)N)c4cc(Br)ccc43)C2)C1. The van der Waals surface area contributed by atoms with Gasteiger partial charge >= 0.3 is 0 Å². The molecule has 0 aliphatic carbocycles. The number of carbonyl (C=O) groups is 1. The molecule has 2 N–H and O–H groups in total. The van der Waals surface area contributed by atoms with Crippen LogP contribution in [0.5, 0.6) is 0 Å². The van der Waals surface area contributed by atoms with Gasteiger partial charge in [0, 0.05) is 65.4 Å². The van der Waals surface area contributed by atoms with Crippen LogP contribution in [0, 0.1) is 6.92 Å². The first-order valence-corrected chi connectivity index (χ1v) is 10.4. The maximum Gasteiger partial charge on any atom is 0.246 e. The smallest absolute Gasteiger partial charge is 0.246 e. The second-order valence-electron chi connectivity index (χ2n) is 7.86. The Labute approximate surface area is 168 Å². The molecule has 2 fully saturated rings. The Hall–Kier alpha value is -1.63. The molecule has 0 radical (unpaired) electrons. The number of aromatic nitrogens is 1. The number of likely N-dealkylation sites (tertiary alicyclic amines) is 2. The second kappa shape index (κ2) is 7.08. The minimum atomic E-state index is 0.00524. The van der Waals surface area contributed by atoms with Gasteiger partial charge < -0.3 is 15.2 Å². The van der Waals surface area contributed by atoms with Crippen LogP contribution in [0.3, 0.4) is 0 Å². The zero-order valence-electron chi connectivity index (χ0n) is 16.0. The van der Waals surface area contributed by atoms with Gasteiger partial charge in [-0.15, -0.1) is 0 Å². The van der Waals surface area contributed by atoms with Gasteiger partial charge in [-0.2, -0.15) is 0 Å². The van der Waals surface area contributed by atoms with Crippen molar-refractivity contribution in [1.29, 1.82) is 0 Å². The number of hydrogen-bond donors (Lipinski definition) is 1. The molecule has 4 rings (SSSR count). The van der Waals surface area contributed by atoms with E-state index in [4.69, 9.17) is 5.73 Å². The Morgan fingerprint density at radius 3 is 2.74 bits per heavy atom. The molecule has 2 aromatic rings. The fraction of sp³-hybridized carbons (Fsp3) is 0.476. The zero-order valence-corrected chi connectivity index (χ0v) is 17.6. The summed E-state index contributed by atoms with van der Waals surface area (Å²) in [6.07, 6.45) is 2.54. The number of rotatable bonds is 4. The van der Waals surface area contributed by atoms with Gasteiger partial charge in [0.15, 0.2) is 0 Å². The van der Waals surface area contributed by atoms with E-state index in [2.05, 4.69) is 64.0 Å². The van der Waals surface area contributed by atoms with E-state index in [0.717, 1.165) is 37.1 Å². The monoisotopic (exact) mass is 430 g/mol. The highest BCUT2D eigenvalue weighted by Crippen LogP contribution is 2.37. The summed E-state index contributed by atoms with van der Waals surface area (Å²) in [6.45, 7) is 11.6. The number of fused-ring (bicyclic) bond motifs is 1. The zero-order chi connectivity index (χ0) is 19.3. The topological polar surface area (TPSA) is 54.5 Å². The van der Waals surface area contributed by atoms with Gasteiger partial charge in [0.25, 0.3) is 0 Å². The van der Waals surface area contributed by atoms with E-state index >= 15 is 0 Å². The van der Waals surface area contributed by atoms with Crippen LogP contribution in [0.2, 0.25) is 0 Å². The molecule has 6 heteroatoms. The number of hydrogen-bond acceptors (Lipinski definition) is 3. The molecule has 1 unspecified atom stereocenters. The highest BCUT2D eigenvalue weighted by Gasteiger charge is 2.38. The molecule has 2 aliphatic rings. The van der Waals surface area contributed by atoms with Crippen molar-refractivity contribution in [3.8, 4) is 0 Å². The number of nitrogens with two attached hydrogens (primary N) is 1. The van der Waals surface area contributed by atoms with Crippen molar-refractivity contribution in [2.75, 3.05) is 26.2 Å². The minimum Gasteiger partial charge on any atom is -0.340 e. The molecular formula is C21H27BrN4O. The number of benzene rings is 1. The van der Waals surface area contributed by atoms with Gasteiger partial charge in [0.1, 0.15) is 0 Å². The second-order valence-corrected chi connectivity index (χ2v) is 8.77. The molecule has 0 spiro atoms. The normalized spacial score (nSPS) is 22.2. The quantitative estimate of drug-likeness (QED) is 0.756. The van der Waals surface area contributed by atoms with E-state index in [1.54, 1.807) is 0 Å². The molecule has 2 atom stereocenters. The van der Waals surface area contributed by atoms with Crippen molar-refractivity contribution in [1.82, 2.24) is 14.4 Å². The van der Waals surface area contributed by atoms with E-state index in [-0.39, 0.29) is 11.9 Å². The van der Waals surface area contributed by atoms with E-state index in [9.17, 15) is 4.79 Å². The average Bonchev–Trinajstić information content (AvgIpc) is 3.14. The summed E-state index contributed by atoms with van der Waals surface area (Å²) in [5, 5.41) is 1.25. The Bertz CT molecular complexity index is 897. The lowest BCUT2D eigenvalue weighted by molar-refractivity contribution is -0.132. The van der Waals surface area contributed by atoms with Crippen molar-refractivity contribution >= 4 is 32.7 Å². The van der Waals surface area contributed by atoms with Crippen LogP contribution < -0.4 is 5.73 Å². The third-order valence-corrected chi connectivity index (χ3v) is 6.63. The molecule has 0 saturated carbocycles. The van der Waals surface area contributed by atoms with E-state index in [1.165, 1.54) is 28.2 Å². The van der Waals surface area contributed by atoms with Gasteiger partial charge in [0.2, 0.25) is 5.91 Å². The molecule has 2 aliphatic heterocycles. The standard InChI is InChI=1S/C21H27BrN4O/c1-4-20(27)25-11-17(12-25)24-8-7-16(10-24)26-14(3)21(13(2)23)18-9-15(22)5-6-19(18)26/h4-6,9,13,16-17H,1,7-8,10-12,23H2,2-3H3/t13?,16-/m1/s1.